The van der Waals surface area contributed by atoms with Gasteiger partial charge in [0.2, 0.25) is 0 Å². The van der Waals surface area contributed by atoms with Crippen LogP contribution in [-0.4, -0.2) is 36.3 Å². The molecule has 3 aromatic rings. The molecule has 0 aliphatic carbocycles. The molecular weight excluding hydrogens is 412 g/mol. The summed E-state index contributed by atoms with van der Waals surface area (Å²) >= 11 is 1.39. The molecule has 0 saturated heterocycles. The van der Waals surface area contributed by atoms with Crippen LogP contribution in [0.2, 0.25) is 0 Å². The molecule has 0 aliphatic rings. The Morgan fingerprint density at radius 3 is 2.32 bits per heavy atom. The number of methoxy groups -OCH3 is 1. The van der Waals surface area contributed by atoms with E-state index in [1.807, 2.05) is 53.9 Å². The highest BCUT2D eigenvalue weighted by Gasteiger charge is 2.18. The summed E-state index contributed by atoms with van der Waals surface area (Å²) in [6.45, 7) is 1.04. The zero-order valence-electron chi connectivity index (χ0n) is 17.2. The van der Waals surface area contributed by atoms with Crippen molar-refractivity contribution in [2.24, 2.45) is 0 Å². The van der Waals surface area contributed by atoms with Gasteiger partial charge >= 0.3 is 5.97 Å². The number of thiophene rings is 1. The minimum Gasteiger partial charge on any atom is -0.469 e. The molecule has 160 valence electrons. The van der Waals surface area contributed by atoms with Gasteiger partial charge in [-0.15, -0.1) is 11.3 Å². The minimum atomic E-state index is -0.359. The summed E-state index contributed by atoms with van der Waals surface area (Å²) in [4.78, 5) is 39.0. The van der Waals surface area contributed by atoms with Crippen molar-refractivity contribution >= 4 is 29.1 Å². The lowest BCUT2D eigenvalue weighted by Crippen LogP contribution is -2.32. The van der Waals surface area contributed by atoms with Crippen LogP contribution in [0.5, 0.6) is 0 Å². The summed E-state index contributed by atoms with van der Waals surface area (Å²) in [7, 11) is 1.33. The lowest BCUT2D eigenvalue weighted by molar-refractivity contribution is -0.140. The number of benzene rings is 2. The Bertz CT molecular complexity index is 1000. The smallest absolute Gasteiger partial charge is 0.307 e. The van der Waals surface area contributed by atoms with Crippen LogP contribution in [-0.2, 0) is 22.6 Å². The second-order valence-corrected chi connectivity index (χ2v) is 7.84. The van der Waals surface area contributed by atoms with Gasteiger partial charge in [-0.3, -0.25) is 14.4 Å². The number of hydrogen-bond donors (Lipinski definition) is 1. The van der Waals surface area contributed by atoms with Crippen LogP contribution in [0.4, 0.5) is 0 Å². The Kier molecular flexibility index (Phi) is 7.95. The van der Waals surface area contributed by atoms with Gasteiger partial charge in [-0.1, -0.05) is 48.5 Å². The third-order valence-electron chi connectivity index (χ3n) is 4.72. The first-order valence-electron chi connectivity index (χ1n) is 9.87. The molecule has 7 heteroatoms. The highest BCUT2D eigenvalue weighted by atomic mass is 32.1. The normalized spacial score (nSPS) is 10.4. The maximum atomic E-state index is 13.1. The van der Waals surface area contributed by atoms with Crippen molar-refractivity contribution < 1.29 is 19.1 Å². The quantitative estimate of drug-likeness (QED) is 0.517. The number of nitrogens with zero attached hydrogens (tertiary/aromatic N) is 1. The van der Waals surface area contributed by atoms with E-state index in [2.05, 4.69) is 5.32 Å². The Balaban J connectivity index is 1.65. The number of ether oxygens (including phenoxy) is 1. The van der Waals surface area contributed by atoms with Crippen LogP contribution in [0, 0.1) is 0 Å². The van der Waals surface area contributed by atoms with E-state index in [0.29, 0.717) is 23.5 Å². The van der Waals surface area contributed by atoms with Crippen LogP contribution < -0.4 is 5.32 Å². The maximum absolute atomic E-state index is 13.1. The third kappa shape index (κ3) is 6.52. The lowest BCUT2D eigenvalue weighted by Gasteiger charge is -2.22. The average Bonchev–Trinajstić information content (AvgIpc) is 3.35. The van der Waals surface area contributed by atoms with Gasteiger partial charge < -0.3 is 15.0 Å². The molecule has 3 rings (SSSR count). The van der Waals surface area contributed by atoms with Crippen LogP contribution in [0.3, 0.4) is 0 Å². The molecule has 0 aliphatic heterocycles. The van der Waals surface area contributed by atoms with Crippen molar-refractivity contribution in [3.05, 3.63) is 93.7 Å². The Labute approximate surface area is 185 Å². The third-order valence-corrected chi connectivity index (χ3v) is 5.58. The van der Waals surface area contributed by atoms with E-state index in [9.17, 15) is 14.4 Å². The number of amides is 2. The first-order valence-corrected chi connectivity index (χ1v) is 10.8. The molecule has 1 aromatic heterocycles. The van der Waals surface area contributed by atoms with E-state index in [1.54, 1.807) is 23.1 Å². The summed E-state index contributed by atoms with van der Waals surface area (Å²) in [6, 6.07) is 20.4. The molecule has 1 N–H and O–H groups in total. The Hall–Kier alpha value is -3.45. The zero-order chi connectivity index (χ0) is 22.1. The van der Waals surface area contributed by atoms with E-state index in [1.165, 1.54) is 18.4 Å². The van der Waals surface area contributed by atoms with Crippen molar-refractivity contribution in [1.82, 2.24) is 10.2 Å². The summed E-state index contributed by atoms with van der Waals surface area (Å²) in [5, 5.41) is 4.73. The van der Waals surface area contributed by atoms with Gasteiger partial charge in [-0.25, -0.2) is 0 Å². The average molecular weight is 437 g/mol. The van der Waals surface area contributed by atoms with Crippen LogP contribution in [0.25, 0.3) is 0 Å². The van der Waals surface area contributed by atoms with Crippen molar-refractivity contribution in [2.75, 3.05) is 13.7 Å². The fourth-order valence-electron chi connectivity index (χ4n) is 3.01. The molecule has 0 atom stereocenters. The van der Waals surface area contributed by atoms with E-state index >= 15 is 0 Å². The number of nitrogens with one attached hydrogen (secondary N) is 1. The zero-order valence-corrected chi connectivity index (χ0v) is 18.1. The molecule has 2 amide bonds. The summed E-state index contributed by atoms with van der Waals surface area (Å²) in [5.74, 6) is -0.642. The first kappa shape index (κ1) is 22.2. The number of carbonyl (C=O) groups is 3. The lowest BCUT2D eigenvalue weighted by atomic mass is 10.1. The fraction of sp³-hybridized carbons (Fsp3) is 0.208. The molecule has 1 heterocycles. The second-order valence-electron chi connectivity index (χ2n) is 6.90. The fourth-order valence-corrected chi connectivity index (χ4v) is 3.65. The highest BCUT2D eigenvalue weighted by molar-refractivity contribution is 7.12. The van der Waals surface area contributed by atoms with E-state index in [4.69, 9.17) is 4.74 Å². The van der Waals surface area contributed by atoms with Gasteiger partial charge in [0.05, 0.1) is 18.4 Å². The molecule has 0 fully saturated rings. The van der Waals surface area contributed by atoms with Gasteiger partial charge in [-0.2, -0.15) is 0 Å². The van der Waals surface area contributed by atoms with Crippen molar-refractivity contribution in [1.29, 1.82) is 0 Å². The number of carbonyl (C=O) groups excluding carboxylic acids is 3. The Morgan fingerprint density at radius 1 is 0.935 bits per heavy atom. The van der Waals surface area contributed by atoms with Crippen LogP contribution >= 0.6 is 11.3 Å². The monoisotopic (exact) mass is 436 g/mol. The first-order chi connectivity index (χ1) is 15.1. The predicted octanol–water partition coefficient (Wildman–Crippen LogP) is 3.88. The van der Waals surface area contributed by atoms with Crippen molar-refractivity contribution in [2.45, 2.75) is 19.5 Å². The summed E-state index contributed by atoms with van der Waals surface area (Å²) in [6.07, 6.45) is 0.127. The van der Waals surface area contributed by atoms with Crippen molar-refractivity contribution in [3.8, 4) is 0 Å². The van der Waals surface area contributed by atoms with Crippen LogP contribution in [0.15, 0.2) is 72.1 Å². The molecule has 31 heavy (non-hydrogen) atoms. The van der Waals surface area contributed by atoms with Gasteiger partial charge in [-0.05, 0) is 34.7 Å². The topological polar surface area (TPSA) is 75.7 Å². The molecule has 2 aromatic carbocycles. The molecular formula is C24H24N2O4S. The second kappa shape index (κ2) is 11.1. The number of hydrogen-bond acceptors (Lipinski definition) is 5. The number of esters is 1. The summed E-state index contributed by atoms with van der Waals surface area (Å²) in [5.41, 5.74) is 2.40. The molecule has 6 nitrogen and oxygen atoms in total. The van der Waals surface area contributed by atoms with E-state index < -0.39 is 0 Å². The highest BCUT2D eigenvalue weighted by Crippen LogP contribution is 2.13. The van der Waals surface area contributed by atoms with Crippen LogP contribution in [0.1, 0.15) is 37.6 Å². The summed E-state index contributed by atoms with van der Waals surface area (Å²) < 4.78 is 4.71. The molecule has 0 radical (unpaired) electrons. The number of rotatable bonds is 9. The molecule has 0 saturated carbocycles. The van der Waals surface area contributed by atoms with Gasteiger partial charge in [0.15, 0.2) is 0 Å². The largest absolute Gasteiger partial charge is 0.469 e. The standard InChI is InChI=1S/C24H24N2O4S/c1-30-22(27)13-14-26(17-19-6-3-2-4-7-19)24(29)20-11-9-18(10-12-20)16-25-23(28)21-8-5-15-31-21/h2-12,15H,13-14,16-17H2,1H3,(H,25,28). The molecule has 0 unspecified atom stereocenters. The maximum Gasteiger partial charge on any atom is 0.307 e. The molecule has 0 spiro atoms. The Morgan fingerprint density at radius 2 is 1.68 bits per heavy atom. The minimum absolute atomic E-state index is 0.119. The van der Waals surface area contributed by atoms with E-state index in [0.717, 1.165) is 11.1 Å². The predicted molar refractivity (Wildman–Crippen MR) is 120 cm³/mol. The SMILES string of the molecule is COC(=O)CCN(Cc1ccccc1)C(=O)c1ccc(CNC(=O)c2cccs2)cc1. The van der Waals surface area contributed by atoms with E-state index in [-0.39, 0.29) is 30.7 Å². The van der Waals surface area contributed by atoms with Crippen molar-refractivity contribution in [3.63, 3.8) is 0 Å². The molecule has 0 bridgehead atoms. The van der Waals surface area contributed by atoms with Gasteiger partial charge in [0.25, 0.3) is 11.8 Å². The van der Waals surface area contributed by atoms with Gasteiger partial charge in [0, 0.05) is 25.2 Å². The van der Waals surface area contributed by atoms with Gasteiger partial charge in [0.1, 0.15) is 0 Å².